The Hall–Kier alpha value is -3.15. The molecule has 0 saturated carbocycles. The summed E-state index contributed by atoms with van der Waals surface area (Å²) in [5.74, 6) is -0.941. The van der Waals surface area contributed by atoms with Crippen LogP contribution in [0.25, 0.3) is 16.8 Å². The molecule has 2 aromatic rings. The molecule has 0 aromatic carbocycles. The molecule has 1 amide bonds. The number of fused-ring (bicyclic) bond motifs is 1. The average Bonchev–Trinajstić information content (AvgIpc) is 3.10. The van der Waals surface area contributed by atoms with E-state index in [0.29, 0.717) is 24.1 Å². The first-order chi connectivity index (χ1) is 13.0. The number of carboxylic acid groups (broad SMARTS) is 1. The molecular formula is C21H23N3O3. The van der Waals surface area contributed by atoms with Crippen molar-refractivity contribution in [3.05, 3.63) is 59.1 Å². The Labute approximate surface area is 158 Å². The van der Waals surface area contributed by atoms with Crippen molar-refractivity contribution in [2.45, 2.75) is 33.1 Å². The Kier molecular flexibility index (Phi) is 5.54. The van der Waals surface area contributed by atoms with Crippen LogP contribution in [-0.4, -0.2) is 33.5 Å². The number of aromatic amines is 1. The van der Waals surface area contributed by atoms with Gasteiger partial charge in [0.15, 0.2) is 0 Å². The summed E-state index contributed by atoms with van der Waals surface area (Å²) in [4.78, 5) is 30.9. The number of allylic oxidation sites excluding steroid dienone is 3. The number of carboxylic acids is 1. The molecule has 27 heavy (non-hydrogen) atoms. The molecule has 0 unspecified atom stereocenters. The van der Waals surface area contributed by atoms with E-state index in [9.17, 15) is 14.7 Å². The lowest BCUT2D eigenvalue weighted by atomic mass is 10.1. The van der Waals surface area contributed by atoms with Crippen LogP contribution < -0.4 is 5.32 Å². The maximum atomic E-state index is 12.0. The van der Waals surface area contributed by atoms with Crippen molar-refractivity contribution in [1.29, 1.82) is 0 Å². The average molecular weight is 365 g/mol. The molecule has 3 heterocycles. The number of nitrogens with one attached hydrogen (secondary N) is 2. The van der Waals surface area contributed by atoms with Crippen molar-refractivity contribution in [3.8, 4) is 11.3 Å². The Morgan fingerprint density at radius 1 is 1.33 bits per heavy atom. The van der Waals surface area contributed by atoms with E-state index < -0.39 is 5.97 Å². The number of amides is 1. The van der Waals surface area contributed by atoms with Gasteiger partial charge in [-0.1, -0.05) is 25.5 Å². The monoisotopic (exact) mass is 365 g/mol. The zero-order valence-electron chi connectivity index (χ0n) is 15.5. The summed E-state index contributed by atoms with van der Waals surface area (Å²) in [5, 5.41) is 12.1. The molecule has 0 bridgehead atoms. The van der Waals surface area contributed by atoms with Crippen LogP contribution in [0.3, 0.4) is 0 Å². The second-order valence-electron chi connectivity index (χ2n) is 6.61. The van der Waals surface area contributed by atoms with E-state index in [1.807, 2.05) is 32.0 Å². The first-order valence-corrected chi connectivity index (χ1v) is 9.07. The third-order valence-electron chi connectivity index (χ3n) is 4.61. The zero-order chi connectivity index (χ0) is 19.4. The minimum atomic E-state index is -0.891. The molecule has 0 spiro atoms. The number of H-pyrrole nitrogens is 1. The number of carbonyl (C=O) groups excluding carboxylic acids is 1. The summed E-state index contributed by atoms with van der Waals surface area (Å²) < 4.78 is 0. The number of hydrogen-bond donors (Lipinski definition) is 3. The van der Waals surface area contributed by atoms with Crippen molar-refractivity contribution in [1.82, 2.24) is 15.3 Å². The van der Waals surface area contributed by atoms with Gasteiger partial charge in [0, 0.05) is 41.7 Å². The molecule has 140 valence electrons. The van der Waals surface area contributed by atoms with Gasteiger partial charge in [0.25, 0.3) is 5.91 Å². The van der Waals surface area contributed by atoms with E-state index in [0.717, 1.165) is 41.1 Å². The van der Waals surface area contributed by atoms with Gasteiger partial charge in [0.1, 0.15) is 0 Å². The maximum absolute atomic E-state index is 12.0. The normalized spacial score (nSPS) is 14.7. The van der Waals surface area contributed by atoms with Crippen LogP contribution >= 0.6 is 0 Å². The van der Waals surface area contributed by atoms with E-state index in [2.05, 4.69) is 15.3 Å². The molecule has 0 atom stereocenters. The summed E-state index contributed by atoms with van der Waals surface area (Å²) in [6, 6.07) is 5.70. The predicted molar refractivity (Wildman–Crippen MR) is 104 cm³/mol. The van der Waals surface area contributed by atoms with Crippen LogP contribution in [0.2, 0.25) is 0 Å². The predicted octanol–water partition coefficient (Wildman–Crippen LogP) is 3.58. The Morgan fingerprint density at radius 3 is 2.85 bits per heavy atom. The van der Waals surface area contributed by atoms with Crippen LogP contribution in [-0.2, 0) is 11.2 Å². The summed E-state index contributed by atoms with van der Waals surface area (Å²) in [5.41, 5.74) is 5.48. The standard InChI is InChI=1S/C21H23N3O3/c1-3-4-14(21(26)27)6-5-13(2)18-11-15(7-9-22-18)19-12-16-17(24-19)8-10-23-20(16)25/h5-7,9,11-12,24H,3-4,8,10H2,1-2H3,(H,23,25)(H,26,27)/b13-5+,14-6+. The molecule has 2 aromatic heterocycles. The van der Waals surface area contributed by atoms with Gasteiger partial charge in [-0.15, -0.1) is 0 Å². The van der Waals surface area contributed by atoms with Crippen molar-refractivity contribution >= 4 is 17.4 Å². The summed E-state index contributed by atoms with van der Waals surface area (Å²) in [7, 11) is 0. The molecule has 1 aliphatic heterocycles. The second kappa shape index (κ2) is 8.03. The lowest BCUT2D eigenvalue weighted by Gasteiger charge is -2.10. The van der Waals surface area contributed by atoms with Gasteiger partial charge in [-0.25, -0.2) is 4.79 Å². The molecule has 6 heteroatoms. The third kappa shape index (κ3) is 4.16. The second-order valence-corrected chi connectivity index (χ2v) is 6.61. The molecule has 1 aliphatic rings. The number of aromatic nitrogens is 2. The minimum absolute atomic E-state index is 0.0497. The lowest BCUT2D eigenvalue weighted by Crippen LogP contribution is -2.31. The largest absolute Gasteiger partial charge is 0.478 e. The summed E-state index contributed by atoms with van der Waals surface area (Å²) >= 11 is 0. The maximum Gasteiger partial charge on any atom is 0.331 e. The topological polar surface area (TPSA) is 95.1 Å². The van der Waals surface area contributed by atoms with Crippen molar-refractivity contribution in [2.75, 3.05) is 6.54 Å². The van der Waals surface area contributed by atoms with Gasteiger partial charge in [-0.3, -0.25) is 9.78 Å². The quantitative estimate of drug-likeness (QED) is 0.539. The molecule has 0 saturated heterocycles. The number of aliphatic carboxylic acids is 1. The highest BCUT2D eigenvalue weighted by Gasteiger charge is 2.20. The Balaban J connectivity index is 1.89. The van der Waals surface area contributed by atoms with Crippen molar-refractivity contribution < 1.29 is 14.7 Å². The van der Waals surface area contributed by atoms with E-state index in [1.165, 1.54) is 0 Å². The van der Waals surface area contributed by atoms with Crippen LogP contribution in [0.15, 0.2) is 42.1 Å². The highest BCUT2D eigenvalue weighted by atomic mass is 16.4. The van der Waals surface area contributed by atoms with Crippen LogP contribution in [0.4, 0.5) is 0 Å². The molecular weight excluding hydrogens is 342 g/mol. The molecule has 0 aliphatic carbocycles. The zero-order valence-corrected chi connectivity index (χ0v) is 15.5. The fourth-order valence-electron chi connectivity index (χ4n) is 3.10. The van der Waals surface area contributed by atoms with Crippen molar-refractivity contribution in [3.63, 3.8) is 0 Å². The van der Waals surface area contributed by atoms with Gasteiger partial charge in [-0.05, 0) is 37.1 Å². The van der Waals surface area contributed by atoms with Gasteiger partial charge in [-0.2, -0.15) is 0 Å². The number of nitrogens with zero attached hydrogens (tertiary/aromatic N) is 1. The molecule has 0 radical (unpaired) electrons. The van der Waals surface area contributed by atoms with Gasteiger partial charge < -0.3 is 15.4 Å². The van der Waals surface area contributed by atoms with E-state index in [1.54, 1.807) is 18.3 Å². The smallest absolute Gasteiger partial charge is 0.331 e. The Morgan fingerprint density at radius 2 is 2.15 bits per heavy atom. The van der Waals surface area contributed by atoms with E-state index in [-0.39, 0.29) is 5.91 Å². The van der Waals surface area contributed by atoms with Gasteiger partial charge in [0.05, 0.1) is 11.3 Å². The Bertz CT molecular complexity index is 938. The van der Waals surface area contributed by atoms with Crippen LogP contribution in [0.1, 0.15) is 48.4 Å². The SMILES string of the molecule is CCC/C(=C\C=C(/C)c1cc(-c2cc3c([nH]2)CCNC3=O)ccn1)C(=O)O. The summed E-state index contributed by atoms with van der Waals surface area (Å²) in [6.07, 6.45) is 7.26. The number of carbonyl (C=O) groups is 2. The molecule has 6 nitrogen and oxygen atoms in total. The molecule has 3 N–H and O–H groups in total. The third-order valence-corrected chi connectivity index (χ3v) is 4.61. The fourth-order valence-corrected chi connectivity index (χ4v) is 3.10. The fraction of sp³-hybridized carbons (Fsp3) is 0.286. The van der Waals surface area contributed by atoms with Gasteiger partial charge >= 0.3 is 5.97 Å². The highest BCUT2D eigenvalue weighted by molar-refractivity contribution is 5.97. The van der Waals surface area contributed by atoms with E-state index in [4.69, 9.17) is 0 Å². The lowest BCUT2D eigenvalue weighted by molar-refractivity contribution is -0.132. The first kappa shape index (κ1) is 18.6. The number of hydrogen-bond acceptors (Lipinski definition) is 3. The molecule has 3 rings (SSSR count). The van der Waals surface area contributed by atoms with Crippen molar-refractivity contribution in [2.24, 2.45) is 0 Å². The highest BCUT2D eigenvalue weighted by Crippen LogP contribution is 2.25. The van der Waals surface area contributed by atoms with E-state index >= 15 is 0 Å². The van der Waals surface area contributed by atoms with Crippen LogP contribution in [0, 0.1) is 0 Å². The minimum Gasteiger partial charge on any atom is -0.478 e. The van der Waals surface area contributed by atoms with Gasteiger partial charge in [0.2, 0.25) is 0 Å². The van der Waals surface area contributed by atoms with Crippen LogP contribution in [0.5, 0.6) is 0 Å². The number of rotatable bonds is 6. The first-order valence-electron chi connectivity index (χ1n) is 9.07. The summed E-state index contributed by atoms with van der Waals surface area (Å²) in [6.45, 7) is 4.50. The molecule has 0 fully saturated rings. The number of pyridine rings is 1.